The monoisotopic (exact) mass is 917 g/mol. The van der Waals surface area contributed by atoms with Gasteiger partial charge in [0.1, 0.15) is 0 Å². The van der Waals surface area contributed by atoms with Crippen molar-refractivity contribution < 1.29 is 37.7 Å². The Morgan fingerprint density at radius 1 is 0.203 bits per heavy atom. The maximum atomic E-state index is 2.46. The van der Waals surface area contributed by atoms with Crippen LogP contribution in [0.2, 0.25) is 0 Å². The predicted octanol–water partition coefficient (Wildman–Crippen LogP) is 4.42. The summed E-state index contributed by atoms with van der Waals surface area (Å²) in [7, 11) is 0. The molecule has 0 fully saturated rings. The average molecular weight is 917 g/mol. The topological polar surface area (TPSA) is 0 Å². The van der Waals surface area contributed by atoms with Gasteiger partial charge in [-0.1, -0.05) is 162 Å². The maximum absolute atomic E-state index is 3.00. The minimum absolute atomic E-state index is 0. The summed E-state index contributed by atoms with van der Waals surface area (Å²) in [5, 5.41) is 0. The number of hydrogen-bond acceptors (Lipinski definition) is 0. The van der Waals surface area contributed by atoms with E-state index in [1.807, 2.05) is 0 Å². The van der Waals surface area contributed by atoms with Gasteiger partial charge in [-0.3, -0.25) is 0 Å². The number of benzene rings is 8. The molecule has 0 spiro atoms. The van der Waals surface area contributed by atoms with E-state index in [0.717, 1.165) is 0 Å². The molecule has 69 heavy (non-hydrogen) atoms. The summed E-state index contributed by atoms with van der Waals surface area (Å²) in [5.74, 6) is 0. The van der Waals surface area contributed by atoms with E-state index < -0.39 is 26.2 Å². The second-order valence-electron chi connectivity index (χ2n) is 20.9. The van der Waals surface area contributed by atoms with Gasteiger partial charge >= 0.3 is 56.6 Å². The van der Waals surface area contributed by atoms with E-state index in [9.17, 15) is 0 Å². The van der Waals surface area contributed by atoms with Gasteiger partial charge in [0.25, 0.3) is 26.2 Å². The van der Waals surface area contributed by atoms with Gasteiger partial charge in [-0.2, -0.15) is 0 Å². The molecule has 0 saturated heterocycles. The van der Waals surface area contributed by atoms with Crippen molar-refractivity contribution in [1.29, 1.82) is 0 Å². The van der Waals surface area contributed by atoms with Crippen LogP contribution in [-0.4, -0.2) is 45.0 Å². The Bertz CT molecular complexity index is 2620. The van der Waals surface area contributed by atoms with Crippen molar-refractivity contribution in [3.05, 3.63) is 235 Å². The summed E-state index contributed by atoms with van der Waals surface area (Å²) < 4.78 is 12.1. The van der Waals surface area contributed by atoms with Crippen LogP contribution in [0.4, 0.5) is 0 Å². The van der Waals surface area contributed by atoms with Gasteiger partial charge in [0.05, 0.1) is 0 Å². The van der Waals surface area contributed by atoms with Crippen molar-refractivity contribution in [3.8, 4) is 0 Å². The van der Waals surface area contributed by atoms with Crippen LogP contribution >= 0.6 is 0 Å². The van der Waals surface area contributed by atoms with Gasteiger partial charge in [0.15, 0.2) is 0 Å². The van der Waals surface area contributed by atoms with Crippen LogP contribution in [0.25, 0.3) is 0 Å². The van der Waals surface area contributed by atoms with Crippen LogP contribution in [0.5, 0.6) is 0 Å². The van der Waals surface area contributed by atoms with Crippen molar-refractivity contribution in [3.63, 3.8) is 0 Å². The normalized spacial score (nSPS) is 11.1. The van der Waals surface area contributed by atoms with E-state index >= 15 is 0 Å². The second-order valence-corrected chi connectivity index (χ2v) is 29.5. The summed E-state index contributed by atoms with van der Waals surface area (Å²) in [6.45, 7) is 36.0. The van der Waals surface area contributed by atoms with E-state index in [2.05, 4.69) is 256 Å². The Kier molecular flexibility index (Phi) is 20.2. The van der Waals surface area contributed by atoms with Gasteiger partial charge in [-0.25, -0.2) is 35.4 Å². The molecule has 0 saturated carbocycles. The number of rotatable bonds is 8. The quantitative estimate of drug-likeness (QED) is 0.199. The molecule has 0 aliphatic carbocycles. The van der Waals surface area contributed by atoms with Crippen LogP contribution in [0, 0.1) is 111 Å². The molecule has 8 rings (SSSR count). The summed E-state index contributed by atoms with van der Waals surface area (Å²) in [4.78, 5) is 0. The molecule has 0 bridgehead atoms. The van der Waals surface area contributed by atoms with Gasteiger partial charge in [0, 0.05) is 0 Å². The summed E-state index contributed by atoms with van der Waals surface area (Å²) in [6.07, 6.45) is 0. The zero-order valence-corrected chi connectivity index (χ0v) is 47.3. The van der Waals surface area contributed by atoms with Crippen LogP contribution in [0.15, 0.2) is 146 Å². The Balaban J connectivity index is 0.000000288. The fraction of sp³-hybridized carbons (Fsp3) is 0.250. The second kappa shape index (κ2) is 23.9. The molecule has 0 aliphatic rings. The van der Waals surface area contributed by atoms with Crippen LogP contribution in [0.1, 0.15) is 89.0 Å². The molecule has 0 unspecified atom stereocenters. The average Bonchev–Trinajstić information content (AvgIpc) is 3.19. The SMILES string of the molecule is Cc1cc(C)c[c]([Al-]([c]2cc(C)cc(C)c2)([c]2cc(C)cc(C)c2)[c]2cc(C)cc(C)c2)c1.Cc1cc[c]([Al-]([c]2ccc(C)cc2C)([c]2ccc(C)cc2C)[c]2ccc(C)cc2C)c(C)c1.[Li+].[Li+].[LiH]. The van der Waals surface area contributed by atoms with E-state index in [1.165, 1.54) is 124 Å². The van der Waals surface area contributed by atoms with Crippen molar-refractivity contribution in [2.45, 2.75) is 111 Å². The molecule has 0 radical (unpaired) electrons. The Morgan fingerprint density at radius 2 is 0.377 bits per heavy atom. The molecule has 8 aromatic rings. The van der Waals surface area contributed by atoms with Crippen LogP contribution in [-0.2, 0) is 0 Å². The minimum atomic E-state index is -3.00. The molecule has 0 atom stereocenters. The molecule has 5 heteroatoms. The molecule has 338 valence electrons. The Labute approximate surface area is 459 Å². The third-order valence-electron chi connectivity index (χ3n) is 14.5. The van der Waals surface area contributed by atoms with E-state index in [-0.39, 0.29) is 56.6 Å². The molecule has 0 heterocycles. The molecule has 0 aliphatic heterocycles. The molecule has 0 N–H and O–H groups in total. The third-order valence-corrected chi connectivity index (χ3v) is 26.2. The Hall–Kier alpha value is -3.38. The van der Waals surface area contributed by atoms with E-state index in [1.54, 1.807) is 0 Å². The third kappa shape index (κ3) is 12.1. The van der Waals surface area contributed by atoms with E-state index in [0.29, 0.717) is 0 Å². The van der Waals surface area contributed by atoms with Crippen molar-refractivity contribution in [2.75, 3.05) is 0 Å². The standard InChI is InChI=1S/8C8H9.2Al.3Li.H/c8*1-7-4-3-5-8(2)6-7;;;;;;/h4*4-6H,1-2H3;4*3-4,6H,1-2H3;;;;;;/q;;;;;;;;2*-1;;2*+1;. The molecule has 0 amide bonds. The van der Waals surface area contributed by atoms with Gasteiger partial charge in [-0.05, 0) is 111 Å². The van der Waals surface area contributed by atoms with Crippen molar-refractivity contribution in [2.24, 2.45) is 0 Å². The molecule has 8 aromatic carbocycles. The molecule has 0 aromatic heterocycles. The van der Waals surface area contributed by atoms with Gasteiger partial charge < -0.3 is 0 Å². The first-order chi connectivity index (χ1) is 31.2. The first kappa shape index (κ1) is 58.2. The van der Waals surface area contributed by atoms with Gasteiger partial charge in [0.2, 0.25) is 0 Å². The van der Waals surface area contributed by atoms with Crippen LogP contribution in [0.3, 0.4) is 0 Å². The van der Waals surface area contributed by atoms with Crippen molar-refractivity contribution in [1.82, 2.24) is 0 Å². The number of hydrogen-bond donors (Lipinski definition) is 0. The molecular formula is C64H73Al2Li3. The summed E-state index contributed by atoms with van der Waals surface area (Å²) in [6, 6.07) is 57.4. The Morgan fingerprint density at radius 3 is 0.536 bits per heavy atom. The summed E-state index contributed by atoms with van der Waals surface area (Å²) >= 11 is -5.99. The fourth-order valence-corrected chi connectivity index (χ4v) is 25.5. The number of aryl methyl sites for hydroxylation is 16. The fourth-order valence-electron chi connectivity index (χ4n) is 12.4. The first-order valence-electron chi connectivity index (χ1n) is 24.2. The summed E-state index contributed by atoms with van der Waals surface area (Å²) in [5.41, 5.74) is 21.6. The van der Waals surface area contributed by atoms with Crippen molar-refractivity contribution >= 4 is 80.4 Å². The zero-order chi connectivity index (χ0) is 47.8. The van der Waals surface area contributed by atoms with E-state index in [4.69, 9.17) is 0 Å². The molecular weight excluding hydrogens is 843 g/mol. The van der Waals surface area contributed by atoms with Crippen LogP contribution < -0.4 is 73.1 Å². The zero-order valence-electron chi connectivity index (χ0n) is 45.0. The first-order valence-corrected chi connectivity index (χ1v) is 28.8. The molecule has 0 nitrogen and oxygen atoms in total. The predicted molar refractivity (Wildman–Crippen MR) is 303 cm³/mol. The van der Waals surface area contributed by atoms with Gasteiger partial charge in [-0.15, -0.1) is 72.8 Å².